The van der Waals surface area contributed by atoms with Crippen molar-refractivity contribution < 1.29 is 23.9 Å². The maximum absolute atomic E-state index is 13.1. The van der Waals surface area contributed by atoms with E-state index in [-0.39, 0.29) is 25.5 Å². The van der Waals surface area contributed by atoms with Gasteiger partial charge in [-0.05, 0) is 57.4 Å². The van der Waals surface area contributed by atoms with Gasteiger partial charge in [0, 0.05) is 29.4 Å². The Morgan fingerprint density at radius 2 is 1.90 bits per heavy atom. The number of Topliss-reactive ketones (excluding diaryl/α,β-unsaturated/α-hetero) is 1. The van der Waals surface area contributed by atoms with Crippen LogP contribution in [-0.4, -0.2) is 46.1 Å². The molecule has 0 unspecified atom stereocenters. The number of aromatic nitrogens is 1. The molecule has 1 aliphatic carbocycles. The minimum absolute atomic E-state index is 0.170. The van der Waals surface area contributed by atoms with Crippen molar-refractivity contribution in [1.29, 1.82) is 0 Å². The number of nitrogens with zero attached hydrogens (tertiary/aromatic N) is 2. The van der Waals surface area contributed by atoms with Gasteiger partial charge in [0.15, 0.2) is 17.3 Å². The van der Waals surface area contributed by atoms with Crippen molar-refractivity contribution >= 4 is 17.7 Å². The standard InChI is InChI=1S/C23H25N3O5/c1-13-8-17(14(2)26(13)16-5-6-16)18(27)11-25-21(28)23(3,24-22(25)29)10-15-4-7-19-20(9-15)31-12-30-19/h4,7-9,16H,5-6,10-12H2,1-3H3,(H,24,29)/t23-/m0/s1. The molecule has 8 nitrogen and oxygen atoms in total. The zero-order valence-corrected chi connectivity index (χ0v) is 17.9. The lowest BCUT2D eigenvalue weighted by Crippen LogP contribution is -2.46. The number of carbonyl (C=O) groups is 3. The molecule has 162 valence electrons. The van der Waals surface area contributed by atoms with Gasteiger partial charge in [0.05, 0.1) is 6.54 Å². The SMILES string of the molecule is Cc1cc(C(=O)CN2C(=O)N[C@@](C)(Cc3ccc4c(c3)OCO4)C2=O)c(C)n1C1CC1. The average Bonchev–Trinajstić information content (AvgIpc) is 3.29. The molecule has 1 atom stereocenters. The largest absolute Gasteiger partial charge is 0.454 e. The summed E-state index contributed by atoms with van der Waals surface area (Å²) in [6, 6.07) is 7.23. The van der Waals surface area contributed by atoms with E-state index in [0.29, 0.717) is 23.1 Å². The Kier molecular flexibility index (Phi) is 4.35. The summed E-state index contributed by atoms with van der Waals surface area (Å²) >= 11 is 0. The van der Waals surface area contributed by atoms with E-state index in [2.05, 4.69) is 9.88 Å². The molecule has 5 rings (SSSR count). The monoisotopic (exact) mass is 423 g/mol. The number of benzene rings is 1. The number of rotatable bonds is 6. The molecule has 1 aromatic carbocycles. The second-order valence-electron chi connectivity index (χ2n) is 8.83. The summed E-state index contributed by atoms with van der Waals surface area (Å²) in [6.45, 7) is 5.49. The minimum Gasteiger partial charge on any atom is -0.454 e. The zero-order valence-electron chi connectivity index (χ0n) is 17.9. The van der Waals surface area contributed by atoms with Gasteiger partial charge in [0.2, 0.25) is 6.79 Å². The second-order valence-corrected chi connectivity index (χ2v) is 8.83. The van der Waals surface area contributed by atoms with Crippen LogP contribution in [0.5, 0.6) is 11.5 Å². The van der Waals surface area contributed by atoms with Gasteiger partial charge in [-0.2, -0.15) is 0 Å². The molecule has 1 N–H and O–H groups in total. The first-order valence-electron chi connectivity index (χ1n) is 10.5. The zero-order chi connectivity index (χ0) is 21.9. The number of fused-ring (bicyclic) bond motifs is 1. The lowest BCUT2D eigenvalue weighted by atomic mass is 9.92. The molecule has 1 saturated heterocycles. The number of hydrogen-bond donors (Lipinski definition) is 1. The van der Waals surface area contributed by atoms with E-state index < -0.39 is 17.5 Å². The van der Waals surface area contributed by atoms with Crippen molar-refractivity contribution in [1.82, 2.24) is 14.8 Å². The maximum Gasteiger partial charge on any atom is 0.325 e. The molecule has 2 fully saturated rings. The van der Waals surface area contributed by atoms with E-state index >= 15 is 0 Å². The Bertz CT molecular complexity index is 1120. The molecule has 1 saturated carbocycles. The first kappa shape index (κ1) is 19.7. The average molecular weight is 423 g/mol. The molecule has 2 aromatic rings. The van der Waals surface area contributed by atoms with Crippen LogP contribution in [0.15, 0.2) is 24.3 Å². The molecule has 2 aliphatic heterocycles. The van der Waals surface area contributed by atoms with Crippen molar-refractivity contribution in [2.75, 3.05) is 13.3 Å². The van der Waals surface area contributed by atoms with E-state index in [1.807, 2.05) is 32.0 Å². The molecule has 3 aliphatic rings. The second kappa shape index (κ2) is 6.87. The number of carbonyl (C=O) groups excluding carboxylic acids is 3. The fourth-order valence-corrected chi connectivity index (χ4v) is 4.65. The van der Waals surface area contributed by atoms with Crippen molar-refractivity contribution in [3.63, 3.8) is 0 Å². The Labute approximate surface area is 180 Å². The van der Waals surface area contributed by atoms with E-state index in [1.165, 1.54) is 0 Å². The van der Waals surface area contributed by atoms with Crippen LogP contribution in [0.25, 0.3) is 0 Å². The van der Waals surface area contributed by atoms with Gasteiger partial charge in [0.1, 0.15) is 5.54 Å². The van der Waals surface area contributed by atoms with Crippen LogP contribution < -0.4 is 14.8 Å². The Morgan fingerprint density at radius 1 is 1.16 bits per heavy atom. The summed E-state index contributed by atoms with van der Waals surface area (Å²) < 4.78 is 12.9. The highest BCUT2D eigenvalue weighted by Crippen LogP contribution is 2.38. The third kappa shape index (κ3) is 3.26. The highest BCUT2D eigenvalue weighted by molar-refractivity contribution is 6.11. The molecule has 3 heterocycles. The third-order valence-electron chi connectivity index (χ3n) is 6.34. The third-order valence-corrected chi connectivity index (χ3v) is 6.34. The normalized spacial score (nSPS) is 22.2. The maximum atomic E-state index is 13.1. The topological polar surface area (TPSA) is 89.9 Å². The van der Waals surface area contributed by atoms with E-state index in [9.17, 15) is 14.4 Å². The lowest BCUT2D eigenvalue weighted by Gasteiger charge is -2.21. The summed E-state index contributed by atoms with van der Waals surface area (Å²) in [5.74, 6) is 0.651. The highest BCUT2D eigenvalue weighted by Gasteiger charge is 2.48. The van der Waals surface area contributed by atoms with Crippen LogP contribution in [0.3, 0.4) is 0 Å². The lowest BCUT2D eigenvalue weighted by molar-refractivity contribution is -0.130. The number of imide groups is 1. The number of ketones is 1. The fraction of sp³-hybridized carbons (Fsp3) is 0.435. The van der Waals surface area contributed by atoms with E-state index in [4.69, 9.17) is 9.47 Å². The predicted octanol–water partition coefficient (Wildman–Crippen LogP) is 2.90. The molecule has 1 aromatic heterocycles. The Morgan fingerprint density at radius 3 is 2.65 bits per heavy atom. The Hall–Kier alpha value is -3.29. The molecule has 0 bridgehead atoms. The van der Waals surface area contributed by atoms with Crippen LogP contribution in [0.2, 0.25) is 0 Å². The Balaban J connectivity index is 1.33. The van der Waals surface area contributed by atoms with Crippen molar-refractivity contribution in [3.8, 4) is 11.5 Å². The van der Waals surface area contributed by atoms with Crippen molar-refractivity contribution in [2.24, 2.45) is 0 Å². The predicted molar refractivity (Wildman–Crippen MR) is 111 cm³/mol. The number of urea groups is 1. The molecule has 3 amide bonds. The van der Waals surface area contributed by atoms with Gasteiger partial charge < -0.3 is 19.4 Å². The van der Waals surface area contributed by atoms with Gasteiger partial charge >= 0.3 is 6.03 Å². The van der Waals surface area contributed by atoms with Gasteiger partial charge in [-0.15, -0.1) is 0 Å². The van der Waals surface area contributed by atoms with Crippen LogP contribution in [-0.2, 0) is 11.2 Å². The molecule has 0 spiro atoms. The van der Waals surface area contributed by atoms with Crippen LogP contribution in [0.1, 0.15) is 53.1 Å². The van der Waals surface area contributed by atoms with Gasteiger partial charge in [-0.1, -0.05) is 6.07 Å². The summed E-state index contributed by atoms with van der Waals surface area (Å²) in [6.07, 6.45) is 2.53. The number of ether oxygens (including phenoxy) is 2. The smallest absolute Gasteiger partial charge is 0.325 e. The van der Waals surface area contributed by atoms with Gasteiger partial charge in [-0.3, -0.25) is 14.5 Å². The minimum atomic E-state index is -1.13. The van der Waals surface area contributed by atoms with Gasteiger partial charge in [-0.25, -0.2) is 4.79 Å². The highest BCUT2D eigenvalue weighted by atomic mass is 16.7. The molecule has 8 heteroatoms. The molecule has 0 radical (unpaired) electrons. The fourth-order valence-electron chi connectivity index (χ4n) is 4.65. The van der Waals surface area contributed by atoms with Crippen LogP contribution >= 0.6 is 0 Å². The van der Waals surface area contributed by atoms with E-state index in [1.54, 1.807) is 13.0 Å². The number of amides is 3. The first-order chi connectivity index (χ1) is 14.8. The number of aryl methyl sites for hydroxylation is 1. The number of nitrogens with one attached hydrogen (secondary N) is 1. The summed E-state index contributed by atoms with van der Waals surface area (Å²) in [7, 11) is 0. The molecular formula is C23H25N3O5. The molecule has 31 heavy (non-hydrogen) atoms. The first-order valence-corrected chi connectivity index (χ1v) is 10.5. The van der Waals surface area contributed by atoms with Gasteiger partial charge in [0.25, 0.3) is 5.91 Å². The van der Waals surface area contributed by atoms with Crippen molar-refractivity contribution in [2.45, 2.75) is 51.6 Å². The quantitative estimate of drug-likeness (QED) is 0.570. The van der Waals surface area contributed by atoms with Crippen LogP contribution in [0, 0.1) is 13.8 Å². The van der Waals surface area contributed by atoms with Crippen LogP contribution in [0.4, 0.5) is 4.79 Å². The summed E-state index contributed by atoms with van der Waals surface area (Å²) in [4.78, 5) is 39.8. The summed E-state index contributed by atoms with van der Waals surface area (Å²) in [5, 5.41) is 2.77. The summed E-state index contributed by atoms with van der Waals surface area (Å²) in [5.41, 5.74) is 2.22. The number of hydrogen-bond acceptors (Lipinski definition) is 5. The van der Waals surface area contributed by atoms with E-state index in [0.717, 1.165) is 34.7 Å². The van der Waals surface area contributed by atoms with Crippen molar-refractivity contribution in [3.05, 3.63) is 46.8 Å². The molecular weight excluding hydrogens is 398 g/mol.